The third-order valence-electron chi connectivity index (χ3n) is 6.70. The maximum atomic E-state index is 5.74. The number of benzene rings is 1. The molecule has 3 aromatic rings. The van der Waals surface area contributed by atoms with Crippen molar-refractivity contribution in [2.75, 3.05) is 27.4 Å². The van der Waals surface area contributed by atoms with Gasteiger partial charge < -0.3 is 14.0 Å². The van der Waals surface area contributed by atoms with E-state index in [1.165, 1.54) is 32.1 Å². The molecule has 4 rings (SSSR count). The van der Waals surface area contributed by atoms with E-state index in [-0.39, 0.29) is 0 Å². The molecule has 0 spiro atoms. The first-order chi connectivity index (χ1) is 15.6. The predicted molar refractivity (Wildman–Crippen MR) is 128 cm³/mol. The van der Waals surface area contributed by atoms with E-state index < -0.39 is 0 Å². The van der Waals surface area contributed by atoms with Gasteiger partial charge in [-0.1, -0.05) is 31.4 Å². The molecule has 0 radical (unpaired) electrons. The summed E-state index contributed by atoms with van der Waals surface area (Å²) < 4.78 is 13.4. The fourth-order valence-electron chi connectivity index (χ4n) is 4.87. The summed E-state index contributed by atoms with van der Waals surface area (Å²) in [7, 11) is 3.49. The van der Waals surface area contributed by atoms with Crippen molar-refractivity contribution in [2.45, 2.75) is 65.1 Å². The van der Waals surface area contributed by atoms with Gasteiger partial charge >= 0.3 is 0 Å². The Morgan fingerprint density at radius 1 is 1.19 bits per heavy atom. The van der Waals surface area contributed by atoms with Crippen molar-refractivity contribution < 1.29 is 9.47 Å². The van der Waals surface area contributed by atoms with Crippen molar-refractivity contribution in [3.8, 4) is 17.1 Å². The molecule has 7 heteroatoms. The molecular weight excluding hydrogens is 402 g/mol. The normalized spacial score (nSPS) is 15.3. The van der Waals surface area contributed by atoms with Gasteiger partial charge in [0.05, 0.1) is 25.8 Å². The predicted octanol–water partition coefficient (Wildman–Crippen LogP) is 4.87. The molecule has 0 amide bonds. The molecule has 0 unspecified atom stereocenters. The second-order valence-corrected chi connectivity index (χ2v) is 9.22. The molecule has 2 heterocycles. The number of nitrogens with zero attached hydrogens (tertiary/aromatic N) is 4. The van der Waals surface area contributed by atoms with Crippen LogP contribution >= 0.6 is 0 Å². The number of rotatable bonds is 10. The minimum atomic E-state index is 0.403. The number of ether oxygens (including phenoxy) is 2. The van der Waals surface area contributed by atoms with E-state index in [4.69, 9.17) is 14.5 Å². The fourth-order valence-corrected chi connectivity index (χ4v) is 4.87. The summed E-state index contributed by atoms with van der Waals surface area (Å²) in [5, 5.41) is 8.91. The van der Waals surface area contributed by atoms with Gasteiger partial charge in [-0.2, -0.15) is 5.10 Å². The Labute approximate surface area is 191 Å². The molecule has 1 saturated carbocycles. The van der Waals surface area contributed by atoms with Crippen LogP contribution in [-0.4, -0.2) is 58.1 Å². The lowest BCUT2D eigenvalue weighted by atomic mass is 9.89. The van der Waals surface area contributed by atoms with Gasteiger partial charge in [-0.05, 0) is 38.7 Å². The molecule has 0 bridgehead atoms. The van der Waals surface area contributed by atoms with Crippen molar-refractivity contribution in [1.29, 1.82) is 0 Å². The van der Waals surface area contributed by atoms with Crippen LogP contribution in [0.25, 0.3) is 22.3 Å². The minimum Gasteiger partial charge on any atom is -0.495 e. The van der Waals surface area contributed by atoms with E-state index in [0.29, 0.717) is 12.6 Å². The van der Waals surface area contributed by atoms with Crippen molar-refractivity contribution in [3.05, 3.63) is 30.2 Å². The van der Waals surface area contributed by atoms with Crippen molar-refractivity contribution >= 4 is 10.9 Å². The average molecular weight is 440 g/mol. The van der Waals surface area contributed by atoms with Crippen LogP contribution in [0.15, 0.2) is 24.4 Å². The SMILES string of the molecule is COCCN(Cc1nc(-c2cn(CC3CCCCC3)c3c(OC)cccc23)n[nH]1)C(C)C. The van der Waals surface area contributed by atoms with Crippen LogP contribution < -0.4 is 4.74 Å². The molecule has 7 nitrogen and oxygen atoms in total. The van der Waals surface area contributed by atoms with Gasteiger partial charge in [0.25, 0.3) is 0 Å². The second-order valence-electron chi connectivity index (χ2n) is 9.22. The Morgan fingerprint density at radius 2 is 2.00 bits per heavy atom. The topological polar surface area (TPSA) is 68.2 Å². The molecule has 174 valence electrons. The molecular formula is C25H37N5O2. The van der Waals surface area contributed by atoms with Crippen molar-refractivity contribution in [2.24, 2.45) is 5.92 Å². The lowest BCUT2D eigenvalue weighted by Gasteiger charge is -2.24. The highest BCUT2D eigenvalue weighted by molar-refractivity contribution is 5.97. The largest absolute Gasteiger partial charge is 0.495 e. The second kappa shape index (κ2) is 10.5. The summed E-state index contributed by atoms with van der Waals surface area (Å²) in [6.45, 7) is 7.69. The van der Waals surface area contributed by atoms with Gasteiger partial charge in [0.1, 0.15) is 11.6 Å². The lowest BCUT2D eigenvalue weighted by molar-refractivity contribution is 0.123. The number of fused-ring (bicyclic) bond motifs is 1. The third-order valence-corrected chi connectivity index (χ3v) is 6.70. The first kappa shape index (κ1) is 22.8. The number of para-hydroxylation sites is 1. The van der Waals surface area contributed by atoms with Crippen LogP contribution in [0.5, 0.6) is 5.75 Å². The standard InChI is InChI=1S/C25H37N5O2/c1-18(2)29(13-14-31-3)17-23-26-25(28-27-23)21-16-30(15-19-9-6-5-7-10-19)24-20(21)11-8-12-22(24)32-4/h8,11-12,16,18-19H,5-7,9-10,13-15,17H2,1-4H3,(H,26,27,28). The summed E-state index contributed by atoms with van der Waals surface area (Å²) >= 11 is 0. The van der Waals surface area contributed by atoms with Crippen LogP contribution in [0.4, 0.5) is 0 Å². The zero-order valence-corrected chi connectivity index (χ0v) is 19.9. The minimum absolute atomic E-state index is 0.403. The first-order valence-electron chi connectivity index (χ1n) is 11.9. The van der Waals surface area contributed by atoms with Crippen LogP contribution in [0.2, 0.25) is 0 Å². The van der Waals surface area contributed by atoms with Crippen LogP contribution in [0.3, 0.4) is 0 Å². The Balaban J connectivity index is 1.64. The molecule has 0 aliphatic heterocycles. The summed E-state index contributed by atoms with van der Waals surface area (Å²) in [4.78, 5) is 7.21. The molecule has 0 saturated heterocycles. The van der Waals surface area contributed by atoms with E-state index in [0.717, 1.165) is 59.4 Å². The Hall–Kier alpha value is -2.38. The van der Waals surface area contributed by atoms with Crippen LogP contribution in [0.1, 0.15) is 51.8 Å². The summed E-state index contributed by atoms with van der Waals surface area (Å²) in [6, 6.07) is 6.65. The highest BCUT2D eigenvalue weighted by Crippen LogP contribution is 2.36. The molecule has 1 aromatic carbocycles. The zero-order valence-electron chi connectivity index (χ0n) is 19.9. The van der Waals surface area contributed by atoms with Crippen LogP contribution in [0, 0.1) is 5.92 Å². The number of hydrogen-bond acceptors (Lipinski definition) is 5. The van der Waals surface area contributed by atoms with E-state index >= 15 is 0 Å². The van der Waals surface area contributed by atoms with E-state index in [1.54, 1.807) is 14.2 Å². The Bertz CT molecular complexity index is 1000. The maximum Gasteiger partial charge on any atom is 0.183 e. The molecule has 32 heavy (non-hydrogen) atoms. The third kappa shape index (κ3) is 4.99. The van der Waals surface area contributed by atoms with E-state index in [1.807, 2.05) is 6.07 Å². The monoisotopic (exact) mass is 439 g/mol. The quantitative estimate of drug-likeness (QED) is 0.488. The Morgan fingerprint density at radius 3 is 2.72 bits per heavy atom. The Kier molecular flexibility index (Phi) is 7.48. The lowest BCUT2D eigenvalue weighted by Crippen LogP contribution is -2.33. The molecule has 1 aliphatic carbocycles. The number of methoxy groups -OCH3 is 2. The molecule has 2 aromatic heterocycles. The molecule has 0 atom stereocenters. The van der Waals surface area contributed by atoms with Gasteiger partial charge in [-0.3, -0.25) is 10.00 Å². The van der Waals surface area contributed by atoms with Gasteiger partial charge in [-0.25, -0.2) is 4.98 Å². The first-order valence-corrected chi connectivity index (χ1v) is 11.9. The summed E-state index contributed by atoms with van der Waals surface area (Å²) in [5.41, 5.74) is 2.20. The number of aromatic nitrogens is 4. The molecule has 1 aliphatic rings. The van der Waals surface area contributed by atoms with Gasteiger partial charge in [0.2, 0.25) is 0 Å². The number of nitrogens with one attached hydrogen (secondary N) is 1. The number of hydrogen-bond donors (Lipinski definition) is 1. The van der Waals surface area contributed by atoms with E-state index in [9.17, 15) is 0 Å². The number of aromatic amines is 1. The zero-order chi connectivity index (χ0) is 22.5. The molecule has 1 N–H and O–H groups in total. The van der Waals surface area contributed by atoms with Gasteiger partial charge in [0.15, 0.2) is 5.82 Å². The van der Waals surface area contributed by atoms with Crippen molar-refractivity contribution in [1.82, 2.24) is 24.6 Å². The summed E-state index contributed by atoms with van der Waals surface area (Å²) in [6.07, 6.45) is 8.89. The molecule has 1 fully saturated rings. The summed E-state index contributed by atoms with van der Waals surface area (Å²) in [5.74, 6) is 3.25. The van der Waals surface area contributed by atoms with Gasteiger partial charge in [0, 0.05) is 43.4 Å². The smallest absolute Gasteiger partial charge is 0.183 e. The number of H-pyrrole nitrogens is 1. The van der Waals surface area contributed by atoms with E-state index in [2.05, 4.69) is 51.8 Å². The van der Waals surface area contributed by atoms with Crippen molar-refractivity contribution in [3.63, 3.8) is 0 Å². The van der Waals surface area contributed by atoms with Crippen LogP contribution in [-0.2, 0) is 17.8 Å². The fraction of sp³-hybridized carbons (Fsp3) is 0.600. The highest BCUT2D eigenvalue weighted by Gasteiger charge is 2.21. The highest BCUT2D eigenvalue weighted by atomic mass is 16.5. The van der Waals surface area contributed by atoms with Gasteiger partial charge in [-0.15, -0.1) is 0 Å². The maximum absolute atomic E-state index is 5.74. The average Bonchev–Trinajstić information content (AvgIpc) is 3.41.